The zero-order valence-electron chi connectivity index (χ0n) is 8.95. The standard InChI is InChI=1S/C9H14O7/c1-4(10)15-7-6(12)3-14-9(13)8(7)16-5(2)11/h6-9,12-13H,3H2,1-2H3/t6-,7+,8-,9-/m1/s1. The van der Waals surface area contributed by atoms with Crippen molar-refractivity contribution in [1.82, 2.24) is 0 Å². The van der Waals surface area contributed by atoms with Gasteiger partial charge in [-0.2, -0.15) is 0 Å². The minimum absolute atomic E-state index is 0.198. The maximum absolute atomic E-state index is 10.8. The van der Waals surface area contributed by atoms with Gasteiger partial charge in [-0.3, -0.25) is 9.59 Å². The number of hydrogen-bond acceptors (Lipinski definition) is 7. The molecule has 0 bridgehead atoms. The molecule has 4 atom stereocenters. The van der Waals surface area contributed by atoms with Crippen molar-refractivity contribution in [3.8, 4) is 0 Å². The lowest BCUT2D eigenvalue weighted by molar-refractivity contribution is -0.264. The van der Waals surface area contributed by atoms with Crippen LogP contribution >= 0.6 is 0 Å². The molecule has 0 spiro atoms. The summed E-state index contributed by atoms with van der Waals surface area (Å²) in [4.78, 5) is 21.6. The van der Waals surface area contributed by atoms with E-state index in [1.165, 1.54) is 0 Å². The molecule has 0 saturated carbocycles. The largest absolute Gasteiger partial charge is 0.455 e. The summed E-state index contributed by atoms with van der Waals surface area (Å²) in [5, 5.41) is 18.9. The Hall–Kier alpha value is -1.18. The molecular formula is C9H14O7. The summed E-state index contributed by atoms with van der Waals surface area (Å²) in [7, 11) is 0. The van der Waals surface area contributed by atoms with E-state index in [0.29, 0.717) is 0 Å². The molecule has 1 saturated heterocycles. The van der Waals surface area contributed by atoms with Gasteiger partial charge in [0, 0.05) is 13.8 Å². The molecule has 0 amide bonds. The van der Waals surface area contributed by atoms with E-state index in [-0.39, 0.29) is 6.61 Å². The smallest absolute Gasteiger partial charge is 0.303 e. The van der Waals surface area contributed by atoms with Gasteiger partial charge < -0.3 is 24.4 Å². The van der Waals surface area contributed by atoms with Crippen LogP contribution in [0.4, 0.5) is 0 Å². The van der Waals surface area contributed by atoms with Gasteiger partial charge in [0.1, 0.15) is 6.10 Å². The van der Waals surface area contributed by atoms with E-state index >= 15 is 0 Å². The van der Waals surface area contributed by atoms with Crippen LogP contribution in [0.1, 0.15) is 13.8 Å². The lowest BCUT2D eigenvalue weighted by Gasteiger charge is -2.36. The topological polar surface area (TPSA) is 102 Å². The second kappa shape index (κ2) is 5.24. The Labute approximate surface area is 91.9 Å². The number of hydrogen-bond donors (Lipinski definition) is 2. The van der Waals surface area contributed by atoms with Crippen LogP contribution in [0.15, 0.2) is 0 Å². The van der Waals surface area contributed by atoms with Crippen molar-refractivity contribution in [2.24, 2.45) is 0 Å². The zero-order chi connectivity index (χ0) is 12.3. The quantitative estimate of drug-likeness (QED) is 0.564. The maximum atomic E-state index is 10.8. The van der Waals surface area contributed by atoms with E-state index < -0.39 is 36.5 Å². The predicted molar refractivity (Wildman–Crippen MR) is 49.1 cm³/mol. The molecule has 0 aromatic carbocycles. The molecule has 1 aliphatic rings. The summed E-state index contributed by atoms with van der Waals surface area (Å²) in [6.07, 6.45) is -4.90. The van der Waals surface area contributed by atoms with Crippen molar-refractivity contribution < 1.29 is 34.0 Å². The molecule has 0 aromatic rings. The van der Waals surface area contributed by atoms with E-state index in [2.05, 4.69) is 0 Å². The van der Waals surface area contributed by atoms with Crippen LogP contribution in [0.5, 0.6) is 0 Å². The first-order chi connectivity index (χ1) is 7.41. The third-order valence-corrected chi connectivity index (χ3v) is 2.03. The number of esters is 2. The van der Waals surface area contributed by atoms with E-state index in [1.807, 2.05) is 0 Å². The first kappa shape index (κ1) is 12.9. The number of aliphatic hydroxyl groups is 2. The normalized spacial score (nSPS) is 34.2. The van der Waals surface area contributed by atoms with Crippen molar-refractivity contribution in [1.29, 1.82) is 0 Å². The molecule has 92 valence electrons. The summed E-state index contributed by atoms with van der Waals surface area (Å²) < 4.78 is 14.3. The first-order valence-electron chi connectivity index (χ1n) is 4.74. The summed E-state index contributed by atoms with van der Waals surface area (Å²) in [5.41, 5.74) is 0. The van der Waals surface area contributed by atoms with Crippen LogP contribution in [0.3, 0.4) is 0 Å². The second-order valence-electron chi connectivity index (χ2n) is 3.44. The molecule has 1 heterocycles. The van der Waals surface area contributed by atoms with Gasteiger partial charge in [-0.15, -0.1) is 0 Å². The van der Waals surface area contributed by atoms with E-state index in [0.717, 1.165) is 13.8 Å². The van der Waals surface area contributed by atoms with Gasteiger partial charge in [-0.1, -0.05) is 0 Å². The Bertz CT molecular complexity index is 249. The maximum Gasteiger partial charge on any atom is 0.303 e. The Morgan fingerprint density at radius 3 is 2.12 bits per heavy atom. The Morgan fingerprint density at radius 2 is 1.62 bits per heavy atom. The van der Waals surface area contributed by atoms with Crippen molar-refractivity contribution in [3.63, 3.8) is 0 Å². The highest BCUT2D eigenvalue weighted by atomic mass is 16.7. The average Bonchev–Trinajstić information content (AvgIpc) is 2.16. The summed E-state index contributed by atoms with van der Waals surface area (Å²) in [6, 6.07) is 0. The van der Waals surface area contributed by atoms with Crippen LogP contribution in [0.25, 0.3) is 0 Å². The molecule has 0 aromatic heterocycles. The highest BCUT2D eigenvalue weighted by Crippen LogP contribution is 2.20. The van der Waals surface area contributed by atoms with Gasteiger partial charge in [0.15, 0.2) is 18.5 Å². The predicted octanol–water partition coefficient (Wildman–Crippen LogP) is -1.44. The first-order valence-corrected chi connectivity index (χ1v) is 4.74. The van der Waals surface area contributed by atoms with Gasteiger partial charge >= 0.3 is 11.9 Å². The van der Waals surface area contributed by atoms with Crippen molar-refractivity contribution >= 4 is 11.9 Å². The molecule has 7 nitrogen and oxygen atoms in total. The molecule has 1 aliphatic heterocycles. The van der Waals surface area contributed by atoms with E-state index in [1.54, 1.807) is 0 Å². The minimum Gasteiger partial charge on any atom is -0.455 e. The number of aliphatic hydroxyl groups excluding tert-OH is 2. The molecule has 7 heteroatoms. The third kappa shape index (κ3) is 3.16. The number of carbonyl (C=O) groups is 2. The SMILES string of the molecule is CC(=O)O[C@@H]1[C@@H](OC(C)=O)[C@H](O)OC[C@H]1O. The van der Waals surface area contributed by atoms with Crippen molar-refractivity contribution in [3.05, 3.63) is 0 Å². The Morgan fingerprint density at radius 1 is 1.12 bits per heavy atom. The molecule has 16 heavy (non-hydrogen) atoms. The van der Waals surface area contributed by atoms with Crippen LogP contribution in [-0.4, -0.2) is 53.4 Å². The van der Waals surface area contributed by atoms with Crippen LogP contribution < -0.4 is 0 Å². The molecule has 2 N–H and O–H groups in total. The van der Waals surface area contributed by atoms with E-state index in [9.17, 15) is 19.8 Å². The van der Waals surface area contributed by atoms with Crippen LogP contribution in [-0.2, 0) is 23.8 Å². The van der Waals surface area contributed by atoms with Gasteiger partial charge in [-0.25, -0.2) is 0 Å². The van der Waals surface area contributed by atoms with Crippen molar-refractivity contribution in [2.75, 3.05) is 6.61 Å². The van der Waals surface area contributed by atoms with Crippen LogP contribution in [0.2, 0.25) is 0 Å². The Balaban J connectivity index is 2.76. The molecule has 0 aliphatic carbocycles. The van der Waals surface area contributed by atoms with E-state index in [4.69, 9.17) is 14.2 Å². The fourth-order valence-electron chi connectivity index (χ4n) is 1.42. The van der Waals surface area contributed by atoms with Crippen molar-refractivity contribution in [2.45, 2.75) is 38.4 Å². The minimum atomic E-state index is -1.42. The third-order valence-electron chi connectivity index (χ3n) is 2.03. The second-order valence-corrected chi connectivity index (χ2v) is 3.44. The number of rotatable bonds is 2. The molecule has 0 unspecified atom stereocenters. The fraction of sp³-hybridized carbons (Fsp3) is 0.778. The van der Waals surface area contributed by atoms with Crippen LogP contribution in [0, 0.1) is 0 Å². The number of carbonyl (C=O) groups excluding carboxylic acids is 2. The zero-order valence-corrected chi connectivity index (χ0v) is 8.95. The number of ether oxygens (including phenoxy) is 3. The lowest BCUT2D eigenvalue weighted by atomic mass is 10.1. The van der Waals surface area contributed by atoms with Gasteiger partial charge in [0.25, 0.3) is 0 Å². The molecule has 1 fully saturated rings. The molecule has 0 radical (unpaired) electrons. The molecule has 1 rings (SSSR count). The monoisotopic (exact) mass is 234 g/mol. The van der Waals surface area contributed by atoms with Gasteiger partial charge in [-0.05, 0) is 0 Å². The molecular weight excluding hydrogens is 220 g/mol. The summed E-state index contributed by atoms with van der Waals surface area (Å²) >= 11 is 0. The lowest BCUT2D eigenvalue weighted by Crippen LogP contribution is -2.56. The van der Waals surface area contributed by atoms with Gasteiger partial charge in [0.05, 0.1) is 6.61 Å². The average molecular weight is 234 g/mol. The summed E-state index contributed by atoms with van der Waals surface area (Å²) in [6.45, 7) is 2.09. The highest BCUT2D eigenvalue weighted by molar-refractivity contribution is 5.67. The summed E-state index contributed by atoms with van der Waals surface area (Å²) in [5.74, 6) is -1.31. The Kier molecular flexibility index (Phi) is 4.22. The highest BCUT2D eigenvalue weighted by Gasteiger charge is 2.43. The van der Waals surface area contributed by atoms with Gasteiger partial charge in [0.2, 0.25) is 0 Å². The fourth-order valence-corrected chi connectivity index (χ4v) is 1.42.